The Balaban J connectivity index is 1.89. The van der Waals surface area contributed by atoms with Crippen LogP contribution in [0, 0.1) is 12.8 Å². The summed E-state index contributed by atoms with van der Waals surface area (Å²) in [5.41, 5.74) is 2.31. The monoisotopic (exact) mass is 264 g/mol. The van der Waals surface area contributed by atoms with Crippen LogP contribution in [0.2, 0.25) is 0 Å². The van der Waals surface area contributed by atoms with Gasteiger partial charge in [0.2, 0.25) is 0 Å². The molecule has 1 fully saturated rings. The van der Waals surface area contributed by atoms with Crippen LogP contribution in [0.15, 0.2) is 12.1 Å². The summed E-state index contributed by atoms with van der Waals surface area (Å²) in [5, 5.41) is 6.79. The molecule has 0 saturated carbocycles. The van der Waals surface area contributed by atoms with Crippen molar-refractivity contribution in [2.24, 2.45) is 5.92 Å². The predicted octanol–water partition coefficient (Wildman–Crippen LogP) is 1.36. The van der Waals surface area contributed by atoms with Crippen LogP contribution >= 0.6 is 0 Å². The van der Waals surface area contributed by atoms with E-state index in [1.807, 2.05) is 13.0 Å². The maximum atomic E-state index is 5.44. The fourth-order valence-electron chi connectivity index (χ4n) is 2.33. The Morgan fingerprint density at radius 2 is 1.95 bits per heavy atom. The average Bonchev–Trinajstić information content (AvgIpc) is 2.37. The molecule has 0 radical (unpaired) electrons. The van der Waals surface area contributed by atoms with E-state index >= 15 is 0 Å². The number of aryl methyl sites for hydroxylation is 1. The molecule has 2 N–H and O–H groups in total. The second-order valence-electron chi connectivity index (χ2n) is 5.11. The van der Waals surface area contributed by atoms with Crippen LogP contribution in [0.5, 0.6) is 11.5 Å². The van der Waals surface area contributed by atoms with Crippen molar-refractivity contribution in [1.82, 2.24) is 10.6 Å². The summed E-state index contributed by atoms with van der Waals surface area (Å²) in [7, 11) is 3.43. The Bertz CT molecular complexity index is 417. The molecule has 1 aliphatic rings. The van der Waals surface area contributed by atoms with Gasteiger partial charge in [-0.2, -0.15) is 0 Å². The number of ether oxygens (including phenoxy) is 2. The van der Waals surface area contributed by atoms with Gasteiger partial charge >= 0.3 is 0 Å². The highest BCUT2D eigenvalue weighted by molar-refractivity contribution is 5.46. The third-order valence-electron chi connectivity index (χ3n) is 3.67. The highest BCUT2D eigenvalue weighted by atomic mass is 16.5. The molecule has 0 aromatic heterocycles. The Labute approximate surface area is 115 Å². The van der Waals surface area contributed by atoms with Crippen LogP contribution in [-0.2, 0) is 6.42 Å². The number of hydrogen-bond acceptors (Lipinski definition) is 4. The molecular formula is C15H24N2O2. The van der Waals surface area contributed by atoms with E-state index in [-0.39, 0.29) is 0 Å². The first-order chi connectivity index (χ1) is 9.24. The van der Waals surface area contributed by atoms with Crippen molar-refractivity contribution in [3.8, 4) is 11.5 Å². The topological polar surface area (TPSA) is 42.5 Å². The van der Waals surface area contributed by atoms with E-state index in [0.717, 1.165) is 55.6 Å². The number of nitrogens with one attached hydrogen (secondary N) is 2. The van der Waals surface area contributed by atoms with Gasteiger partial charge in [0.1, 0.15) is 11.5 Å². The molecule has 0 bridgehead atoms. The van der Waals surface area contributed by atoms with Gasteiger partial charge in [0.25, 0.3) is 0 Å². The summed E-state index contributed by atoms with van der Waals surface area (Å²) < 4.78 is 10.8. The first-order valence-corrected chi connectivity index (χ1v) is 6.87. The second-order valence-corrected chi connectivity index (χ2v) is 5.11. The third-order valence-corrected chi connectivity index (χ3v) is 3.67. The van der Waals surface area contributed by atoms with E-state index in [2.05, 4.69) is 16.7 Å². The molecule has 0 spiro atoms. The Morgan fingerprint density at radius 1 is 1.21 bits per heavy atom. The normalized spacial score (nSPS) is 15.1. The predicted molar refractivity (Wildman–Crippen MR) is 77.2 cm³/mol. The SMILES string of the molecule is COc1cc(CCNCC2CNC2)c(OC)cc1C. The lowest BCUT2D eigenvalue weighted by molar-refractivity contribution is 0.332. The van der Waals surface area contributed by atoms with Crippen molar-refractivity contribution >= 4 is 0 Å². The lowest BCUT2D eigenvalue weighted by Crippen LogP contribution is -2.47. The summed E-state index contributed by atoms with van der Waals surface area (Å²) in [6, 6.07) is 4.13. The van der Waals surface area contributed by atoms with Crippen LogP contribution in [0.1, 0.15) is 11.1 Å². The molecule has 4 nitrogen and oxygen atoms in total. The van der Waals surface area contributed by atoms with Gasteiger partial charge in [-0.15, -0.1) is 0 Å². The molecule has 0 amide bonds. The maximum absolute atomic E-state index is 5.44. The maximum Gasteiger partial charge on any atom is 0.122 e. The van der Waals surface area contributed by atoms with Gasteiger partial charge in [-0.3, -0.25) is 0 Å². The Morgan fingerprint density at radius 3 is 2.53 bits per heavy atom. The quantitative estimate of drug-likeness (QED) is 0.730. The molecule has 0 unspecified atom stereocenters. The Kier molecular flexibility index (Phi) is 5.05. The first-order valence-electron chi connectivity index (χ1n) is 6.87. The minimum atomic E-state index is 0.800. The molecule has 19 heavy (non-hydrogen) atoms. The van der Waals surface area contributed by atoms with Gasteiger partial charge in [-0.25, -0.2) is 0 Å². The molecule has 2 rings (SSSR count). The zero-order valence-electron chi connectivity index (χ0n) is 12.1. The third kappa shape index (κ3) is 3.61. The van der Waals surface area contributed by atoms with Crippen LogP contribution in [0.3, 0.4) is 0 Å². The van der Waals surface area contributed by atoms with Crippen LogP contribution in [-0.4, -0.2) is 40.4 Å². The minimum Gasteiger partial charge on any atom is -0.496 e. The van der Waals surface area contributed by atoms with Crippen LogP contribution < -0.4 is 20.1 Å². The van der Waals surface area contributed by atoms with E-state index in [4.69, 9.17) is 9.47 Å². The highest BCUT2D eigenvalue weighted by Crippen LogP contribution is 2.28. The lowest BCUT2D eigenvalue weighted by Gasteiger charge is -2.27. The van der Waals surface area contributed by atoms with Gasteiger partial charge in [0, 0.05) is 19.6 Å². The summed E-state index contributed by atoms with van der Waals surface area (Å²) >= 11 is 0. The van der Waals surface area contributed by atoms with Crippen molar-refractivity contribution < 1.29 is 9.47 Å². The van der Waals surface area contributed by atoms with Crippen molar-refractivity contribution in [1.29, 1.82) is 0 Å². The summed E-state index contributed by atoms with van der Waals surface area (Å²) in [5.74, 6) is 2.68. The second kappa shape index (κ2) is 6.78. The smallest absolute Gasteiger partial charge is 0.122 e. The molecule has 4 heteroatoms. The van der Waals surface area contributed by atoms with E-state index in [9.17, 15) is 0 Å². The van der Waals surface area contributed by atoms with Crippen molar-refractivity contribution in [2.75, 3.05) is 40.4 Å². The number of benzene rings is 1. The molecular weight excluding hydrogens is 240 g/mol. The van der Waals surface area contributed by atoms with Crippen molar-refractivity contribution in [3.63, 3.8) is 0 Å². The van der Waals surface area contributed by atoms with Crippen molar-refractivity contribution in [3.05, 3.63) is 23.3 Å². The Hall–Kier alpha value is -1.26. The molecule has 0 atom stereocenters. The van der Waals surface area contributed by atoms with Gasteiger partial charge < -0.3 is 20.1 Å². The fraction of sp³-hybridized carbons (Fsp3) is 0.600. The van der Waals surface area contributed by atoms with E-state index in [0.29, 0.717) is 0 Å². The molecule has 1 aromatic rings. The van der Waals surface area contributed by atoms with Crippen LogP contribution in [0.25, 0.3) is 0 Å². The van der Waals surface area contributed by atoms with Gasteiger partial charge in [-0.1, -0.05) is 0 Å². The summed E-state index contributed by atoms with van der Waals surface area (Å²) in [6.07, 6.45) is 0.958. The number of rotatable bonds is 7. The van der Waals surface area contributed by atoms with Gasteiger partial charge in [-0.05, 0) is 49.1 Å². The zero-order valence-corrected chi connectivity index (χ0v) is 12.1. The average molecular weight is 264 g/mol. The van der Waals surface area contributed by atoms with Crippen molar-refractivity contribution in [2.45, 2.75) is 13.3 Å². The largest absolute Gasteiger partial charge is 0.496 e. The molecule has 1 aromatic carbocycles. The molecule has 1 heterocycles. The molecule has 1 saturated heterocycles. The van der Waals surface area contributed by atoms with E-state index in [1.165, 1.54) is 5.56 Å². The minimum absolute atomic E-state index is 0.800. The van der Waals surface area contributed by atoms with E-state index in [1.54, 1.807) is 14.2 Å². The zero-order chi connectivity index (χ0) is 13.7. The molecule has 106 valence electrons. The molecule has 0 aliphatic carbocycles. The van der Waals surface area contributed by atoms with Crippen LogP contribution in [0.4, 0.5) is 0 Å². The molecule has 1 aliphatic heterocycles. The standard InChI is InChI=1S/C15H24N2O2/c1-11-6-15(19-3)13(7-14(11)18-2)4-5-16-8-12-9-17-10-12/h6-7,12,16-17H,4-5,8-10H2,1-3H3. The number of hydrogen-bond donors (Lipinski definition) is 2. The first kappa shape index (κ1) is 14.2. The van der Waals surface area contributed by atoms with Gasteiger partial charge in [0.05, 0.1) is 14.2 Å². The fourth-order valence-corrected chi connectivity index (χ4v) is 2.33. The summed E-state index contributed by atoms with van der Waals surface area (Å²) in [4.78, 5) is 0. The number of methoxy groups -OCH3 is 2. The van der Waals surface area contributed by atoms with E-state index < -0.39 is 0 Å². The summed E-state index contributed by atoms with van der Waals surface area (Å²) in [6.45, 7) is 6.40. The lowest BCUT2D eigenvalue weighted by atomic mass is 10.0. The van der Waals surface area contributed by atoms with Gasteiger partial charge in [0.15, 0.2) is 0 Å². The highest BCUT2D eigenvalue weighted by Gasteiger charge is 2.15.